The minimum atomic E-state index is -0.304. The summed E-state index contributed by atoms with van der Waals surface area (Å²) in [5.74, 6) is 0.149. The molecule has 0 atom stereocenters. The SMILES string of the molecule is CSc1ccc(Cc2nnc(NC(=O)c3ccccc3Br)o2)cc1. The summed E-state index contributed by atoms with van der Waals surface area (Å²) in [7, 11) is 0. The molecule has 0 aliphatic heterocycles. The van der Waals surface area contributed by atoms with E-state index in [4.69, 9.17) is 4.42 Å². The summed E-state index contributed by atoms with van der Waals surface area (Å²) in [5, 5.41) is 10.5. The van der Waals surface area contributed by atoms with Crippen molar-refractivity contribution in [2.75, 3.05) is 11.6 Å². The molecule has 5 nitrogen and oxygen atoms in total. The zero-order chi connectivity index (χ0) is 16.9. The van der Waals surface area contributed by atoms with Crippen LogP contribution in [0.5, 0.6) is 0 Å². The van der Waals surface area contributed by atoms with Crippen LogP contribution in [0.25, 0.3) is 0 Å². The van der Waals surface area contributed by atoms with E-state index in [1.807, 2.05) is 36.6 Å². The molecule has 0 aliphatic carbocycles. The Kier molecular flexibility index (Phi) is 5.32. The number of hydrogen-bond acceptors (Lipinski definition) is 5. The number of anilines is 1. The molecule has 3 rings (SSSR count). The van der Waals surface area contributed by atoms with Gasteiger partial charge >= 0.3 is 6.01 Å². The van der Waals surface area contributed by atoms with Gasteiger partial charge in [0.1, 0.15) is 0 Å². The lowest BCUT2D eigenvalue weighted by Crippen LogP contribution is -2.12. The molecule has 1 aromatic heterocycles. The Hall–Kier alpha value is -2.12. The van der Waals surface area contributed by atoms with Crippen molar-refractivity contribution in [1.82, 2.24) is 10.2 Å². The van der Waals surface area contributed by atoms with Gasteiger partial charge in [0.05, 0.1) is 12.0 Å². The minimum absolute atomic E-state index is 0.0893. The molecule has 122 valence electrons. The third-order valence-electron chi connectivity index (χ3n) is 3.32. The molecular formula is C17H14BrN3O2S. The molecule has 0 spiro atoms. The van der Waals surface area contributed by atoms with Crippen molar-refractivity contribution in [3.8, 4) is 0 Å². The molecule has 0 fully saturated rings. The smallest absolute Gasteiger partial charge is 0.322 e. The molecule has 7 heteroatoms. The van der Waals surface area contributed by atoms with Crippen molar-refractivity contribution in [2.45, 2.75) is 11.3 Å². The molecule has 24 heavy (non-hydrogen) atoms. The fourth-order valence-electron chi connectivity index (χ4n) is 2.10. The van der Waals surface area contributed by atoms with Gasteiger partial charge in [0.15, 0.2) is 0 Å². The number of benzene rings is 2. The van der Waals surface area contributed by atoms with E-state index in [9.17, 15) is 4.79 Å². The van der Waals surface area contributed by atoms with Crippen molar-refractivity contribution in [3.63, 3.8) is 0 Å². The second kappa shape index (κ2) is 7.63. The molecule has 0 saturated heterocycles. The monoisotopic (exact) mass is 403 g/mol. The summed E-state index contributed by atoms with van der Waals surface area (Å²) in [4.78, 5) is 13.4. The lowest BCUT2D eigenvalue weighted by molar-refractivity contribution is 0.102. The maximum Gasteiger partial charge on any atom is 0.322 e. The highest BCUT2D eigenvalue weighted by atomic mass is 79.9. The third-order valence-corrected chi connectivity index (χ3v) is 4.76. The highest BCUT2D eigenvalue weighted by molar-refractivity contribution is 9.10. The molecule has 1 heterocycles. The first-order chi connectivity index (χ1) is 11.7. The second-order valence-corrected chi connectivity index (χ2v) is 6.69. The number of nitrogens with zero attached hydrogens (tertiary/aromatic N) is 2. The third kappa shape index (κ3) is 4.04. The van der Waals surface area contributed by atoms with Gasteiger partial charge in [0.2, 0.25) is 5.89 Å². The molecule has 0 bridgehead atoms. The standard InChI is InChI=1S/C17H14BrN3O2S/c1-24-12-8-6-11(7-9-12)10-15-20-21-17(23-15)19-16(22)13-4-2-3-5-14(13)18/h2-9H,10H2,1H3,(H,19,21,22). The first-order valence-corrected chi connectivity index (χ1v) is 9.18. The Balaban J connectivity index is 1.67. The van der Waals surface area contributed by atoms with Crippen LogP contribution >= 0.6 is 27.7 Å². The van der Waals surface area contributed by atoms with Crippen LogP contribution < -0.4 is 5.32 Å². The zero-order valence-electron chi connectivity index (χ0n) is 12.8. The van der Waals surface area contributed by atoms with Crippen molar-refractivity contribution >= 4 is 39.6 Å². The van der Waals surface area contributed by atoms with Crippen LogP contribution in [0.4, 0.5) is 6.01 Å². The molecule has 0 aliphatic rings. The van der Waals surface area contributed by atoms with E-state index in [1.54, 1.807) is 30.0 Å². The van der Waals surface area contributed by atoms with Gasteiger partial charge in [-0.05, 0) is 52.0 Å². The average Bonchev–Trinajstić information content (AvgIpc) is 3.02. The summed E-state index contributed by atoms with van der Waals surface area (Å²) in [6.45, 7) is 0. The quantitative estimate of drug-likeness (QED) is 0.639. The predicted octanol–water partition coefficient (Wildman–Crippen LogP) is 4.40. The Morgan fingerprint density at radius 1 is 1.17 bits per heavy atom. The van der Waals surface area contributed by atoms with Crippen molar-refractivity contribution in [1.29, 1.82) is 0 Å². The fraction of sp³-hybridized carbons (Fsp3) is 0.118. The normalized spacial score (nSPS) is 10.6. The molecule has 2 aromatic carbocycles. The zero-order valence-corrected chi connectivity index (χ0v) is 15.2. The number of carbonyl (C=O) groups is 1. The van der Waals surface area contributed by atoms with E-state index >= 15 is 0 Å². The van der Waals surface area contributed by atoms with E-state index in [2.05, 4.69) is 31.4 Å². The van der Waals surface area contributed by atoms with Gasteiger partial charge in [-0.1, -0.05) is 29.4 Å². The maximum absolute atomic E-state index is 12.2. The second-order valence-electron chi connectivity index (χ2n) is 4.96. The molecule has 1 amide bonds. The number of rotatable bonds is 5. The van der Waals surface area contributed by atoms with Gasteiger partial charge in [-0.2, -0.15) is 0 Å². The minimum Gasteiger partial charge on any atom is -0.407 e. The number of carbonyl (C=O) groups excluding carboxylic acids is 1. The fourth-order valence-corrected chi connectivity index (χ4v) is 2.98. The van der Waals surface area contributed by atoms with Gasteiger partial charge in [0.25, 0.3) is 5.91 Å². The Bertz CT molecular complexity index is 849. The highest BCUT2D eigenvalue weighted by Gasteiger charge is 2.14. The highest BCUT2D eigenvalue weighted by Crippen LogP contribution is 2.19. The number of aromatic nitrogens is 2. The predicted molar refractivity (Wildman–Crippen MR) is 97.4 cm³/mol. The molecule has 3 aromatic rings. The van der Waals surface area contributed by atoms with Crippen molar-refractivity contribution in [2.24, 2.45) is 0 Å². The molecule has 0 saturated carbocycles. The van der Waals surface area contributed by atoms with E-state index in [0.29, 0.717) is 22.3 Å². The molecule has 0 radical (unpaired) electrons. The van der Waals surface area contributed by atoms with Gasteiger partial charge in [-0.3, -0.25) is 10.1 Å². The topological polar surface area (TPSA) is 68.0 Å². The number of halogens is 1. The lowest BCUT2D eigenvalue weighted by atomic mass is 10.1. The first kappa shape index (κ1) is 16.7. The lowest BCUT2D eigenvalue weighted by Gasteiger charge is -2.02. The van der Waals surface area contributed by atoms with Gasteiger partial charge in [-0.25, -0.2) is 0 Å². The van der Waals surface area contributed by atoms with Gasteiger partial charge in [-0.15, -0.1) is 16.9 Å². The Morgan fingerprint density at radius 2 is 1.92 bits per heavy atom. The molecule has 0 unspecified atom stereocenters. The summed E-state index contributed by atoms with van der Waals surface area (Å²) >= 11 is 5.03. The summed E-state index contributed by atoms with van der Waals surface area (Å²) in [6, 6.07) is 15.4. The Labute approximate surface area is 152 Å². The first-order valence-electron chi connectivity index (χ1n) is 7.17. The van der Waals surface area contributed by atoms with Crippen LogP contribution in [0, 0.1) is 0 Å². The van der Waals surface area contributed by atoms with E-state index < -0.39 is 0 Å². The summed E-state index contributed by atoms with van der Waals surface area (Å²) in [5.41, 5.74) is 1.57. The number of amides is 1. The van der Waals surface area contributed by atoms with Gasteiger partial charge in [0, 0.05) is 9.37 Å². The van der Waals surface area contributed by atoms with Crippen LogP contribution in [0.15, 0.2) is 62.3 Å². The number of nitrogens with one attached hydrogen (secondary N) is 1. The van der Waals surface area contributed by atoms with Crippen LogP contribution in [0.3, 0.4) is 0 Å². The molecular weight excluding hydrogens is 390 g/mol. The number of hydrogen-bond donors (Lipinski definition) is 1. The van der Waals surface area contributed by atoms with E-state index in [0.717, 1.165) is 5.56 Å². The van der Waals surface area contributed by atoms with Gasteiger partial charge < -0.3 is 4.42 Å². The summed E-state index contributed by atoms with van der Waals surface area (Å²) < 4.78 is 6.21. The summed E-state index contributed by atoms with van der Waals surface area (Å²) in [6.07, 6.45) is 2.56. The van der Waals surface area contributed by atoms with Crippen molar-refractivity contribution < 1.29 is 9.21 Å². The maximum atomic E-state index is 12.2. The van der Waals surface area contributed by atoms with Crippen LogP contribution in [0.2, 0.25) is 0 Å². The van der Waals surface area contributed by atoms with Crippen molar-refractivity contribution in [3.05, 3.63) is 70.0 Å². The van der Waals surface area contributed by atoms with Crippen LogP contribution in [-0.4, -0.2) is 22.4 Å². The molecule has 1 N–H and O–H groups in total. The number of thioether (sulfide) groups is 1. The largest absolute Gasteiger partial charge is 0.407 e. The van der Waals surface area contributed by atoms with Crippen LogP contribution in [-0.2, 0) is 6.42 Å². The Morgan fingerprint density at radius 3 is 2.62 bits per heavy atom. The average molecular weight is 404 g/mol. The van der Waals surface area contributed by atoms with E-state index in [1.165, 1.54) is 4.90 Å². The van der Waals surface area contributed by atoms with E-state index in [-0.39, 0.29) is 11.9 Å². The van der Waals surface area contributed by atoms with Crippen LogP contribution in [0.1, 0.15) is 21.8 Å².